The third-order valence-corrected chi connectivity index (χ3v) is 8.47. The number of halogens is 1. The van der Waals surface area contributed by atoms with Crippen molar-refractivity contribution in [1.29, 1.82) is 0 Å². The Balaban J connectivity index is 1.44. The summed E-state index contributed by atoms with van der Waals surface area (Å²) in [7, 11) is 0. The summed E-state index contributed by atoms with van der Waals surface area (Å²) in [6, 6.07) is 25.3. The Morgan fingerprint density at radius 1 is 0.947 bits per heavy atom. The van der Waals surface area contributed by atoms with E-state index in [9.17, 15) is 0 Å². The van der Waals surface area contributed by atoms with Crippen LogP contribution in [0.3, 0.4) is 0 Å². The summed E-state index contributed by atoms with van der Waals surface area (Å²) in [5, 5.41) is 4.31. The molecule has 0 amide bonds. The monoisotopic (exact) mass is 587 g/mol. The molecular weight excluding hydrogens is 558 g/mol. The summed E-state index contributed by atoms with van der Waals surface area (Å²) in [6.07, 6.45) is 1.85. The summed E-state index contributed by atoms with van der Waals surface area (Å²) < 4.78 is 8.91. The first kappa shape index (κ1) is 25.1. The molecule has 0 aliphatic carbocycles. The predicted octanol–water partition coefficient (Wildman–Crippen LogP) is 6.27. The number of rotatable bonds is 5. The van der Waals surface area contributed by atoms with Gasteiger partial charge in [0.15, 0.2) is 5.11 Å². The number of aryl methyl sites for hydroxylation is 1. The number of nitrogens with one attached hydrogen (secondary N) is 1. The molecule has 8 heteroatoms. The third-order valence-electron chi connectivity index (χ3n) is 7.48. The van der Waals surface area contributed by atoms with Gasteiger partial charge in [-0.15, -0.1) is 0 Å². The van der Waals surface area contributed by atoms with Crippen molar-refractivity contribution in [1.82, 2.24) is 14.9 Å². The molecule has 0 spiro atoms. The highest BCUT2D eigenvalue weighted by Crippen LogP contribution is 2.44. The fourth-order valence-electron chi connectivity index (χ4n) is 5.69. The van der Waals surface area contributed by atoms with Crippen LogP contribution in [0.4, 0.5) is 11.4 Å². The lowest BCUT2D eigenvalue weighted by molar-refractivity contribution is 0.122. The van der Waals surface area contributed by atoms with E-state index in [0.29, 0.717) is 5.11 Å². The Hall–Kier alpha value is -3.20. The van der Waals surface area contributed by atoms with Gasteiger partial charge in [0.2, 0.25) is 0 Å². The first-order valence-corrected chi connectivity index (χ1v) is 14.1. The lowest BCUT2D eigenvalue weighted by Crippen LogP contribution is -2.36. The molecule has 6 rings (SSSR count). The van der Waals surface area contributed by atoms with Crippen molar-refractivity contribution >= 4 is 44.6 Å². The van der Waals surface area contributed by atoms with Gasteiger partial charge in [0.25, 0.3) is 0 Å². The number of nitrogens with zero attached hydrogens (tertiary/aromatic N) is 4. The molecule has 2 aliphatic heterocycles. The highest BCUT2D eigenvalue weighted by Gasteiger charge is 2.42. The third kappa shape index (κ3) is 4.51. The molecule has 2 aromatic carbocycles. The molecule has 1 N–H and O–H groups in total. The Kier molecular flexibility index (Phi) is 6.95. The summed E-state index contributed by atoms with van der Waals surface area (Å²) in [6.45, 7) is 7.71. The summed E-state index contributed by atoms with van der Waals surface area (Å²) >= 11 is 9.73. The van der Waals surface area contributed by atoms with E-state index in [2.05, 4.69) is 104 Å². The highest BCUT2D eigenvalue weighted by molar-refractivity contribution is 9.10. The first-order chi connectivity index (χ1) is 18.5. The second kappa shape index (κ2) is 10.5. The fraction of sp³-hybridized carbons (Fsp3) is 0.267. The van der Waals surface area contributed by atoms with Crippen molar-refractivity contribution in [2.75, 3.05) is 36.1 Å². The van der Waals surface area contributed by atoms with Crippen LogP contribution in [-0.4, -0.2) is 41.0 Å². The van der Waals surface area contributed by atoms with Crippen LogP contribution in [0.1, 0.15) is 34.7 Å². The van der Waals surface area contributed by atoms with Gasteiger partial charge in [0.05, 0.1) is 36.7 Å². The largest absolute Gasteiger partial charge is 0.378 e. The zero-order valence-corrected chi connectivity index (χ0v) is 23.9. The molecule has 0 bridgehead atoms. The summed E-state index contributed by atoms with van der Waals surface area (Å²) in [5.41, 5.74) is 7.94. The molecule has 194 valence electrons. The van der Waals surface area contributed by atoms with Crippen LogP contribution in [0.5, 0.6) is 0 Å². The maximum absolute atomic E-state index is 5.98. The van der Waals surface area contributed by atoms with E-state index in [0.717, 1.165) is 47.8 Å². The van der Waals surface area contributed by atoms with Crippen molar-refractivity contribution in [2.45, 2.75) is 25.9 Å². The van der Waals surface area contributed by atoms with Crippen LogP contribution in [0, 0.1) is 13.8 Å². The quantitative estimate of drug-likeness (QED) is 0.278. The van der Waals surface area contributed by atoms with Crippen LogP contribution in [-0.2, 0) is 4.74 Å². The average molecular weight is 589 g/mol. The van der Waals surface area contributed by atoms with Gasteiger partial charge in [0.1, 0.15) is 0 Å². The molecule has 6 nitrogen and oxygen atoms in total. The second-order valence-corrected chi connectivity index (χ2v) is 11.0. The first-order valence-electron chi connectivity index (χ1n) is 12.9. The fourth-order valence-corrected chi connectivity index (χ4v) is 6.49. The number of thiocarbonyl (C=S) groups is 1. The Morgan fingerprint density at radius 3 is 2.37 bits per heavy atom. The van der Waals surface area contributed by atoms with Crippen LogP contribution in [0.15, 0.2) is 83.5 Å². The van der Waals surface area contributed by atoms with Gasteiger partial charge in [-0.3, -0.25) is 4.98 Å². The van der Waals surface area contributed by atoms with Crippen molar-refractivity contribution < 1.29 is 4.74 Å². The van der Waals surface area contributed by atoms with Crippen LogP contribution < -0.4 is 15.1 Å². The summed E-state index contributed by atoms with van der Waals surface area (Å²) in [4.78, 5) is 9.35. The summed E-state index contributed by atoms with van der Waals surface area (Å²) in [5.74, 6) is 0. The zero-order chi connectivity index (χ0) is 26.2. The van der Waals surface area contributed by atoms with Crippen molar-refractivity contribution in [2.24, 2.45) is 0 Å². The van der Waals surface area contributed by atoms with Gasteiger partial charge in [-0.05, 0) is 102 Å². The topological polar surface area (TPSA) is 45.6 Å². The molecule has 2 atom stereocenters. The number of hydrogen-bond acceptors (Lipinski definition) is 4. The Labute approximate surface area is 237 Å². The van der Waals surface area contributed by atoms with Gasteiger partial charge in [-0.25, -0.2) is 0 Å². The van der Waals surface area contributed by atoms with Crippen LogP contribution in [0.2, 0.25) is 0 Å². The molecule has 4 heterocycles. The van der Waals surface area contributed by atoms with E-state index < -0.39 is 0 Å². The van der Waals surface area contributed by atoms with Crippen LogP contribution in [0.25, 0.3) is 5.69 Å². The van der Waals surface area contributed by atoms with Gasteiger partial charge >= 0.3 is 0 Å². The van der Waals surface area contributed by atoms with Gasteiger partial charge in [-0.2, -0.15) is 0 Å². The molecule has 0 unspecified atom stereocenters. The minimum atomic E-state index is -0.0872. The number of aromatic nitrogens is 2. The molecule has 0 saturated carbocycles. The van der Waals surface area contributed by atoms with E-state index in [4.69, 9.17) is 21.9 Å². The van der Waals surface area contributed by atoms with E-state index in [-0.39, 0.29) is 12.1 Å². The highest BCUT2D eigenvalue weighted by atomic mass is 79.9. The maximum atomic E-state index is 5.98. The van der Waals surface area contributed by atoms with E-state index in [1.807, 2.05) is 24.4 Å². The lowest BCUT2D eigenvalue weighted by Gasteiger charge is -2.31. The van der Waals surface area contributed by atoms with Gasteiger partial charge in [0, 0.05) is 46.5 Å². The predicted molar refractivity (Wildman–Crippen MR) is 160 cm³/mol. The number of morpholine rings is 1. The minimum Gasteiger partial charge on any atom is -0.378 e. The average Bonchev–Trinajstić information content (AvgIpc) is 3.45. The number of benzene rings is 2. The minimum absolute atomic E-state index is 0.0610. The normalized spacial score (nSPS) is 19.6. The SMILES string of the molecule is Cc1cc([C@H]2[C@@H](c3ccccn3)NC(=S)N2c2ccc(N3CCOCC3)cc2)c(C)n1-c1ccccc1Br. The number of anilines is 2. The van der Waals surface area contributed by atoms with Gasteiger partial charge < -0.3 is 24.4 Å². The van der Waals surface area contributed by atoms with Crippen LogP contribution >= 0.6 is 28.1 Å². The van der Waals surface area contributed by atoms with E-state index >= 15 is 0 Å². The molecule has 0 radical (unpaired) electrons. The standard InChI is InChI=1S/C30H30BrN5OS/c1-20-19-24(21(2)35(20)27-9-4-3-7-25(27)31)29-28(26-8-5-6-14-32-26)33-30(38)36(29)23-12-10-22(11-13-23)34-15-17-37-18-16-34/h3-14,19,28-29H,15-18H2,1-2H3,(H,33,38)/t28-,29+/m1/s1. The van der Waals surface area contributed by atoms with Crippen molar-refractivity contribution in [3.63, 3.8) is 0 Å². The lowest BCUT2D eigenvalue weighted by atomic mass is 9.96. The Morgan fingerprint density at radius 2 is 1.66 bits per heavy atom. The van der Waals surface area contributed by atoms with E-state index in [1.54, 1.807) is 0 Å². The molecule has 4 aromatic rings. The Bertz CT molecular complexity index is 1450. The molecule has 2 aromatic heterocycles. The molecule has 2 aliphatic rings. The number of pyridine rings is 1. The van der Waals surface area contributed by atoms with Crippen molar-refractivity contribution in [3.05, 3.63) is 106 Å². The molecule has 38 heavy (non-hydrogen) atoms. The van der Waals surface area contributed by atoms with Gasteiger partial charge in [-0.1, -0.05) is 18.2 Å². The maximum Gasteiger partial charge on any atom is 0.174 e. The smallest absolute Gasteiger partial charge is 0.174 e. The molecular formula is C30H30BrN5OS. The number of ether oxygens (including phenoxy) is 1. The van der Waals surface area contributed by atoms with E-state index in [1.165, 1.54) is 22.6 Å². The molecule has 2 fully saturated rings. The second-order valence-electron chi connectivity index (χ2n) is 9.73. The van der Waals surface area contributed by atoms with Crippen molar-refractivity contribution in [3.8, 4) is 5.69 Å². The molecule has 2 saturated heterocycles. The number of hydrogen-bond donors (Lipinski definition) is 1. The number of para-hydroxylation sites is 1. The zero-order valence-electron chi connectivity index (χ0n) is 21.5.